The molecule has 3 aromatic carbocycles. The van der Waals surface area contributed by atoms with Gasteiger partial charge in [0.05, 0.1) is 42.1 Å². The van der Waals surface area contributed by atoms with Crippen molar-refractivity contribution < 1.29 is 47.7 Å². The van der Waals surface area contributed by atoms with Crippen LogP contribution in [0.15, 0.2) is 48.5 Å². The van der Waals surface area contributed by atoms with E-state index in [2.05, 4.69) is 27.2 Å². The number of rotatable bonds is 12. The second-order valence-corrected chi connectivity index (χ2v) is 12.5. The lowest BCUT2D eigenvalue weighted by molar-refractivity contribution is 0.275. The normalized spacial score (nSPS) is 13.6. The van der Waals surface area contributed by atoms with Crippen molar-refractivity contribution in [1.29, 1.82) is 0 Å². The molecular weight excluding hydrogens is 683 g/mol. The monoisotopic (exact) mass is 726 g/mol. The molecule has 274 valence electrons. The van der Waals surface area contributed by atoms with E-state index in [0.717, 1.165) is 60.1 Å². The number of phosphoric acid groups is 1. The predicted molar refractivity (Wildman–Crippen MR) is 190 cm³/mol. The minimum absolute atomic E-state index is 0.431. The van der Waals surface area contributed by atoms with Crippen molar-refractivity contribution in [3.05, 3.63) is 70.8 Å². The summed E-state index contributed by atoms with van der Waals surface area (Å²) in [4.78, 5) is 40.7. The van der Waals surface area contributed by atoms with Gasteiger partial charge in [-0.25, -0.2) is 4.57 Å². The average molecular weight is 727 g/mol. The highest BCUT2D eigenvalue weighted by atomic mass is 31.2. The molecule has 3 heterocycles. The summed E-state index contributed by atoms with van der Waals surface area (Å²) in [6.45, 7) is 3.73. The van der Waals surface area contributed by atoms with Crippen LogP contribution in [0, 0.1) is 0 Å². The zero-order valence-corrected chi connectivity index (χ0v) is 30.1. The molecule has 0 bridgehead atoms. The summed E-state index contributed by atoms with van der Waals surface area (Å²) in [6, 6.07) is 15.7. The lowest BCUT2D eigenvalue weighted by atomic mass is 9.99. The predicted octanol–water partition coefficient (Wildman–Crippen LogP) is 3.60. The maximum absolute atomic E-state index is 8.88. The number of hydrogen-bond acceptors (Lipinski definition) is 13. The second-order valence-electron chi connectivity index (χ2n) is 11.5. The molecule has 1 aromatic heterocycles. The molecule has 0 unspecified atom stereocenters. The lowest BCUT2D eigenvalue weighted by Gasteiger charge is -2.32. The van der Waals surface area contributed by atoms with E-state index in [9.17, 15) is 0 Å². The molecule has 16 nitrogen and oxygen atoms in total. The minimum atomic E-state index is -4.64. The van der Waals surface area contributed by atoms with Gasteiger partial charge in [-0.2, -0.15) is 15.0 Å². The van der Waals surface area contributed by atoms with Gasteiger partial charge in [0.2, 0.25) is 17.8 Å². The fraction of sp³-hybridized carbons (Fsp3) is 0.382. The number of fused-ring (bicyclic) bond motifs is 2. The fourth-order valence-electron chi connectivity index (χ4n) is 5.83. The van der Waals surface area contributed by atoms with Crippen molar-refractivity contribution in [3.63, 3.8) is 0 Å². The smallest absolute Gasteiger partial charge is 0.466 e. The minimum Gasteiger partial charge on any atom is -0.497 e. The Morgan fingerprint density at radius 1 is 0.647 bits per heavy atom. The molecule has 0 saturated heterocycles. The van der Waals surface area contributed by atoms with E-state index in [1.807, 2.05) is 36.4 Å². The standard InChI is InChI=1S/C34H40N6O6.H3O4P/c1-41-26-6-8-27(9-7-26)46-15-12-35-32-36-33(39-13-10-22-16-28(42-2)30(44-4)18-24(22)20-39)38-34(37-32)40-14-11-23-17-29(43-3)31(45-5)19-25(23)21-40;1-5(2,3)4/h6-9,16-19H,10-15,20-21H2,1-5H3,(H,35,36,37,38);(H3,1,2,3,4). The van der Waals surface area contributed by atoms with Gasteiger partial charge < -0.3 is 58.2 Å². The van der Waals surface area contributed by atoms with Crippen LogP contribution in [0.1, 0.15) is 22.3 Å². The molecule has 4 aromatic rings. The number of methoxy groups -OCH3 is 5. The van der Waals surface area contributed by atoms with E-state index in [0.29, 0.717) is 55.6 Å². The Morgan fingerprint density at radius 3 is 1.47 bits per heavy atom. The molecule has 2 aliphatic heterocycles. The third kappa shape index (κ3) is 9.82. The van der Waals surface area contributed by atoms with Crippen LogP contribution in [-0.2, 0) is 30.5 Å². The number of nitrogens with one attached hydrogen (secondary N) is 1. The summed E-state index contributed by atoms with van der Waals surface area (Å²) in [7, 11) is 3.63. The highest BCUT2D eigenvalue weighted by Crippen LogP contribution is 2.36. The van der Waals surface area contributed by atoms with E-state index in [1.54, 1.807) is 35.5 Å². The largest absolute Gasteiger partial charge is 0.497 e. The van der Waals surface area contributed by atoms with Crippen molar-refractivity contribution in [2.75, 3.05) is 76.9 Å². The van der Waals surface area contributed by atoms with Crippen LogP contribution in [0.4, 0.5) is 17.8 Å². The summed E-state index contributed by atoms with van der Waals surface area (Å²) in [6.07, 6.45) is 1.65. The van der Waals surface area contributed by atoms with Gasteiger partial charge in [0, 0.05) is 26.2 Å². The quantitative estimate of drug-likeness (QED) is 0.122. The number of hydrogen-bond donors (Lipinski definition) is 4. The van der Waals surface area contributed by atoms with E-state index >= 15 is 0 Å². The van der Waals surface area contributed by atoms with Crippen molar-refractivity contribution in [3.8, 4) is 34.5 Å². The van der Waals surface area contributed by atoms with Crippen molar-refractivity contribution in [1.82, 2.24) is 15.0 Å². The van der Waals surface area contributed by atoms with E-state index in [4.69, 9.17) is 62.6 Å². The van der Waals surface area contributed by atoms with Crippen molar-refractivity contribution in [2.45, 2.75) is 25.9 Å². The third-order valence-corrected chi connectivity index (χ3v) is 8.33. The summed E-state index contributed by atoms with van der Waals surface area (Å²) in [5.41, 5.74) is 4.77. The van der Waals surface area contributed by atoms with Crippen LogP contribution in [0.3, 0.4) is 0 Å². The first-order valence-corrected chi connectivity index (χ1v) is 17.6. The zero-order valence-electron chi connectivity index (χ0n) is 29.2. The molecule has 0 fully saturated rings. The molecule has 0 aliphatic carbocycles. The van der Waals surface area contributed by atoms with E-state index < -0.39 is 7.82 Å². The fourth-order valence-corrected chi connectivity index (χ4v) is 5.83. The topological polar surface area (TPSA) is 190 Å². The molecule has 0 radical (unpaired) electrons. The first-order chi connectivity index (χ1) is 24.5. The maximum atomic E-state index is 8.88. The van der Waals surface area contributed by atoms with Gasteiger partial charge in [-0.1, -0.05) is 0 Å². The van der Waals surface area contributed by atoms with Gasteiger partial charge in [-0.3, -0.25) is 0 Å². The Hall–Kier alpha value is -5.02. The lowest BCUT2D eigenvalue weighted by Crippen LogP contribution is -2.35. The Labute approximate surface area is 296 Å². The van der Waals surface area contributed by atoms with Gasteiger partial charge in [0.15, 0.2) is 23.0 Å². The van der Waals surface area contributed by atoms with E-state index in [1.165, 1.54) is 11.1 Å². The van der Waals surface area contributed by atoms with Crippen LogP contribution in [0.5, 0.6) is 34.5 Å². The maximum Gasteiger partial charge on any atom is 0.466 e. The molecule has 51 heavy (non-hydrogen) atoms. The number of aromatic nitrogens is 3. The highest BCUT2D eigenvalue weighted by molar-refractivity contribution is 7.45. The van der Waals surface area contributed by atoms with Crippen LogP contribution in [0.2, 0.25) is 0 Å². The van der Waals surface area contributed by atoms with Crippen molar-refractivity contribution in [2.24, 2.45) is 0 Å². The van der Waals surface area contributed by atoms with Gasteiger partial charge in [-0.05, 0) is 83.6 Å². The summed E-state index contributed by atoms with van der Waals surface area (Å²) >= 11 is 0. The number of anilines is 3. The Morgan fingerprint density at radius 2 is 1.06 bits per heavy atom. The number of benzene rings is 3. The summed E-state index contributed by atoms with van der Waals surface area (Å²) in [5.74, 6) is 6.15. The first-order valence-electron chi connectivity index (χ1n) is 16.0. The van der Waals surface area contributed by atoms with Gasteiger partial charge in [0.1, 0.15) is 18.1 Å². The molecule has 0 amide bonds. The SMILES string of the molecule is COc1ccc(OCCNc2nc(N3CCc4cc(OC)c(OC)cc4C3)nc(N3CCc4cc(OC)c(OC)cc4C3)n2)cc1.O=P(O)(O)O. The van der Waals surface area contributed by atoms with Gasteiger partial charge in [0.25, 0.3) is 0 Å². The van der Waals surface area contributed by atoms with Crippen molar-refractivity contribution >= 4 is 25.7 Å². The van der Waals surface area contributed by atoms with Gasteiger partial charge in [-0.15, -0.1) is 0 Å². The molecule has 2 aliphatic rings. The Bertz CT molecular complexity index is 1740. The average Bonchev–Trinajstić information content (AvgIpc) is 3.14. The van der Waals surface area contributed by atoms with Gasteiger partial charge >= 0.3 is 7.82 Å². The number of ether oxygens (including phenoxy) is 6. The van der Waals surface area contributed by atoms with Crippen LogP contribution < -0.4 is 43.5 Å². The summed E-state index contributed by atoms with van der Waals surface area (Å²) < 4.78 is 42.3. The molecule has 17 heteroatoms. The Kier molecular flexibility index (Phi) is 12.3. The first kappa shape index (κ1) is 37.2. The molecule has 4 N–H and O–H groups in total. The Balaban J connectivity index is 0.000000943. The molecule has 6 rings (SSSR count). The molecule has 0 spiro atoms. The zero-order chi connectivity index (χ0) is 36.5. The third-order valence-electron chi connectivity index (χ3n) is 8.33. The molecule has 0 atom stereocenters. The van der Waals surface area contributed by atoms with Crippen LogP contribution in [-0.4, -0.2) is 91.4 Å². The second kappa shape index (κ2) is 16.8. The molecular formula is C34H43N6O10P. The summed E-state index contributed by atoms with van der Waals surface area (Å²) in [5, 5.41) is 3.36. The highest BCUT2D eigenvalue weighted by Gasteiger charge is 2.26. The molecule has 0 saturated carbocycles. The van der Waals surface area contributed by atoms with Crippen LogP contribution >= 0.6 is 7.82 Å². The van der Waals surface area contributed by atoms with E-state index in [-0.39, 0.29) is 0 Å². The van der Waals surface area contributed by atoms with Crippen LogP contribution in [0.25, 0.3) is 0 Å². The number of nitrogens with zero attached hydrogens (tertiary/aromatic N) is 5.